The van der Waals surface area contributed by atoms with E-state index in [-0.39, 0.29) is 5.75 Å². The second-order valence-electron chi connectivity index (χ2n) is 9.33. The minimum atomic E-state index is -0.430. The quantitative estimate of drug-likeness (QED) is 0.425. The lowest BCUT2D eigenvalue weighted by Gasteiger charge is -2.32. The van der Waals surface area contributed by atoms with E-state index in [1.54, 1.807) is 18.2 Å². The standard InChI is InChI=1S/C27H25ClN4O3/c1-30-8-10-31(11-9-30)12-13-32-21-7-6-16(33)14-19(21)23-22(32)15-18(17-4-2-3-5-20(17)28)24-25(23)27(35)29-26(24)34/h2-7,14-15,33H,8-13H2,1H3,(H,29,34,35). The number of hydrogen-bond donors (Lipinski definition) is 2. The average Bonchev–Trinajstić information content (AvgIpc) is 3.31. The molecule has 0 bridgehead atoms. The van der Waals surface area contributed by atoms with Gasteiger partial charge in [0.1, 0.15) is 5.75 Å². The first-order chi connectivity index (χ1) is 16.9. The van der Waals surface area contributed by atoms with Gasteiger partial charge in [-0.25, -0.2) is 0 Å². The van der Waals surface area contributed by atoms with Gasteiger partial charge in [0, 0.05) is 66.1 Å². The molecule has 6 rings (SSSR count). The molecule has 2 N–H and O–H groups in total. The van der Waals surface area contributed by atoms with Crippen LogP contribution in [0.4, 0.5) is 0 Å². The highest BCUT2D eigenvalue weighted by Gasteiger charge is 2.35. The minimum absolute atomic E-state index is 0.115. The van der Waals surface area contributed by atoms with Crippen molar-refractivity contribution in [2.24, 2.45) is 0 Å². The van der Waals surface area contributed by atoms with E-state index in [0.29, 0.717) is 39.2 Å². The van der Waals surface area contributed by atoms with Crippen molar-refractivity contribution in [1.82, 2.24) is 19.7 Å². The maximum atomic E-state index is 13.1. The smallest absolute Gasteiger partial charge is 0.259 e. The van der Waals surface area contributed by atoms with Gasteiger partial charge in [0.25, 0.3) is 11.8 Å². The van der Waals surface area contributed by atoms with Crippen LogP contribution in [0.3, 0.4) is 0 Å². The molecule has 1 aromatic heterocycles. The second-order valence-corrected chi connectivity index (χ2v) is 9.74. The monoisotopic (exact) mass is 488 g/mol. The molecule has 0 atom stereocenters. The lowest BCUT2D eigenvalue weighted by molar-refractivity contribution is 0.0880. The lowest BCUT2D eigenvalue weighted by Crippen LogP contribution is -2.45. The number of imide groups is 1. The normalized spacial score (nSPS) is 16.9. The molecule has 4 aromatic rings. The van der Waals surface area contributed by atoms with E-state index in [1.165, 1.54) is 0 Å². The van der Waals surface area contributed by atoms with Crippen molar-refractivity contribution in [2.75, 3.05) is 39.8 Å². The van der Waals surface area contributed by atoms with E-state index in [4.69, 9.17) is 11.6 Å². The van der Waals surface area contributed by atoms with Gasteiger partial charge < -0.3 is 14.6 Å². The molecule has 3 heterocycles. The van der Waals surface area contributed by atoms with E-state index >= 15 is 0 Å². The van der Waals surface area contributed by atoms with Crippen LogP contribution in [0.2, 0.25) is 5.02 Å². The summed E-state index contributed by atoms with van der Waals surface area (Å²) in [5.74, 6) is -0.741. The number of piperazine rings is 1. The van der Waals surface area contributed by atoms with Crippen molar-refractivity contribution in [1.29, 1.82) is 0 Å². The molecule has 0 saturated carbocycles. The number of halogens is 1. The summed E-state index contributed by atoms with van der Waals surface area (Å²) in [5, 5.41) is 14.7. The summed E-state index contributed by atoms with van der Waals surface area (Å²) in [5.41, 5.74) is 3.77. The van der Waals surface area contributed by atoms with Gasteiger partial charge in [-0.15, -0.1) is 0 Å². The molecule has 0 aliphatic carbocycles. The number of rotatable bonds is 4. The summed E-state index contributed by atoms with van der Waals surface area (Å²) < 4.78 is 2.19. The third-order valence-corrected chi connectivity index (χ3v) is 7.55. The Hall–Kier alpha value is -3.39. The Bertz CT molecular complexity index is 1520. The van der Waals surface area contributed by atoms with Gasteiger partial charge in [0.2, 0.25) is 0 Å². The maximum absolute atomic E-state index is 13.1. The van der Waals surface area contributed by atoms with Gasteiger partial charge in [-0.05, 0) is 42.9 Å². The summed E-state index contributed by atoms with van der Waals surface area (Å²) in [7, 11) is 2.14. The molecule has 7 nitrogen and oxygen atoms in total. The van der Waals surface area contributed by atoms with Crippen LogP contribution in [-0.2, 0) is 6.54 Å². The third-order valence-electron chi connectivity index (χ3n) is 7.22. The molecule has 178 valence electrons. The van der Waals surface area contributed by atoms with E-state index in [2.05, 4.69) is 26.7 Å². The topological polar surface area (TPSA) is 77.8 Å². The van der Waals surface area contributed by atoms with Crippen molar-refractivity contribution < 1.29 is 14.7 Å². The number of fused-ring (bicyclic) bond motifs is 5. The Kier molecular flexibility index (Phi) is 5.29. The SMILES string of the molecule is CN1CCN(CCn2c3ccc(O)cc3c3c4c(c(-c5ccccc5Cl)cc32)C(=O)NC4=O)CC1. The van der Waals surface area contributed by atoms with Gasteiger partial charge >= 0.3 is 0 Å². The first-order valence-electron chi connectivity index (χ1n) is 11.8. The molecule has 0 spiro atoms. The fourth-order valence-electron chi connectivity index (χ4n) is 5.38. The molecule has 2 aliphatic rings. The number of carbonyl (C=O) groups is 2. The number of amides is 2. The van der Waals surface area contributed by atoms with Crippen LogP contribution >= 0.6 is 11.6 Å². The van der Waals surface area contributed by atoms with Gasteiger partial charge in [0.05, 0.1) is 16.6 Å². The Labute approximate surface area is 207 Å². The van der Waals surface area contributed by atoms with E-state index in [1.807, 2.05) is 30.3 Å². The Morgan fingerprint density at radius 1 is 0.886 bits per heavy atom. The minimum Gasteiger partial charge on any atom is -0.508 e. The molecule has 2 aliphatic heterocycles. The zero-order valence-corrected chi connectivity index (χ0v) is 20.1. The number of benzene rings is 3. The van der Waals surface area contributed by atoms with Gasteiger partial charge in [-0.3, -0.25) is 19.8 Å². The first-order valence-corrected chi connectivity index (χ1v) is 12.1. The zero-order chi connectivity index (χ0) is 24.3. The zero-order valence-electron chi connectivity index (χ0n) is 19.3. The van der Waals surface area contributed by atoms with Crippen LogP contribution in [0.25, 0.3) is 32.9 Å². The third kappa shape index (κ3) is 3.58. The molecule has 1 saturated heterocycles. The number of hydrogen-bond acceptors (Lipinski definition) is 5. The van der Waals surface area contributed by atoms with Crippen molar-refractivity contribution >= 4 is 45.2 Å². The fraction of sp³-hybridized carbons (Fsp3) is 0.259. The number of aromatic nitrogens is 1. The van der Waals surface area contributed by atoms with Crippen LogP contribution in [0.1, 0.15) is 20.7 Å². The molecular formula is C27H25ClN4O3. The largest absolute Gasteiger partial charge is 0.508 e. The summed E-state index contributed by atoms with van der Waals surface area (Å²) in [6.07, 6.45) is 0. The number of likely N-dealkylation sites (N-methyl/N-ethyl adjacent to an activating group) is 1. The summed E-state index contributed by atoms with van der Waals surface area (Å²) >= 11 is 6.54. The van der Waals surface area contributed by atoms with Gasteiger partial charge in [0.15, 0.2) is 0 Å². The van der Waals surface area contributed by atoms with Crippen molar-refractivity contribution in [3.8, 4) is 16.9 Å². The first kappa shape index (κ1) is 22.1. The molecule has 3 aromatic carbocycles. The number of nitrogens with one attached hydrogen (secondary N) is 1. The summed E-state index contributed by atoms with van der Waals surface area (Å²) in [6, 6.07) is 14.5. The number of nitrogens with zero attached hydrogens (tertiary/aromatic N) is 3. The molecule has 0 unspecified atom stereocenters. The highest BCUT2D eigenvalue weighted by Crippen LogP contribution is 2.42. The van der Waals surface area contributed by atoms with E-state index < -0.39 is 11.8 Å². The summed E-state index contributed by atoms with van der Waals surface area (Å²) in [6.45, 7) is 5.65. The van der Waals surface area contributed by atoms with Crippen LogP contribution in [0, 0.1) is 0 Å². The van der Waals surface area contributed by atoms with Crippen molar-refractivity contribution in [2.45, 2.75) is 6.54 Å². The molecular weight excluding hydrogens is 464 g/mol. The Morgan fingerprint density at radius 3 is 2.40 bits per heavy atom. The Balaban J connectivity index is 1.60. The second kappa shape index (κ2) is 8.37. The average molecular weight is 489 g/mol. The molecule has 1 fully saturated rings. The predicted octanol–water partition coefficient (Wildman–Crippen LogP) is 3.95. The van der Waals surface area contributed by atoms with Crippen LogP contribution < -0.4 is 5.32 Å². The van der Waals surface area contributed by atoms with E-state index in [9.17, 15) is 14.7 Å². The molecule has 35 heavy (non-hydrogen) atoms. The number of phenolic OH excluding ortho intramolecular Hbond substituents is 1. The molecule has 8 heteroatoms. The predicted molar refractivity (Wildman–Crippen MR) is 137 cm³/mol. The Morgan fingerprint density at radius 2 is 1.63 bits per heavy atom. The van der Waals surface area contributed by atoms with Crippen LogP contribution in [0.15, 0.2) is 48.5 Å². The molecule has 2 amide bonds. The number of phenols is 1. The number of carbonyl (C=O) groups excluding carboxylic acids is 2. The van der Waals surface area contributed by atoms with Gasteiger partial charge in [-0.1, -0.05) is 29.8 Å². The maximum Gasteiger partial charge on any atom is 0.259 e. The van der Waals surface area contributed by atoms with Gasteiger partial charge in [-0.2, -0.15) is 0 Å². The van der Waals surface area contributed by atoms with Crippen LogP contribution in [-0.4, -0.2) is 71.1 Å². The van der Waals surface area contributed by atoms with Crippen LogP contribution in [0.5, 0.6) is 5.75 Å². The highest BCUT2D eigenvalue weighted by atomic mass is 35.5. The highest BCUT2D eigenvalue weighted by molar-refractivity contribution is 6.36. The fourth-order valence-corrected chi connectivity index (χ4v) is 5.62. The number of aromatic hydroxyl groups is 1. The van der Waals surface area contributed by atoms with E-state index in [0.717, 1.165) is 49.1 Å². The van der Waals surface area contributed by atoms with Crippen molar-refractivity contribution in [3.05, 3.63) is 64.7 Å². The van der Waals surface area contributed by atoms with Crippen molar-refractivity contribution in [3.63, 3.8) is 0 Å². The summed E-state index contributed by atoms with van der Waals surface area (Å²) in [4.78, 5) is 30.8. The molecule has 0 radical (unpaired) electrons. The lowest BCUT2D eigenvalue weighted by atomic mass is 9.93.